The van der Waals surface area contributed by atoms with Gasteiger partial charge >= 0.3 is 0 Å². The van der Waals surface area contributed by atoms with Crippen molar-refractivity contribution in [1.29, 1.82) is 0 Å². The molecule has 7 heteroatoms. The van der Waals surface area contributed by atoms with Gasteiger partial charge in [-0.05, 0) is 36.5 Å². The van der Waals surface area contributed by atoms with Crippen molar-refractivity contribution in [1.82, 2.24) is 5.32 Å². The molecule has 116 valence electrons. The Hall–Kier alpha value is -0.780. The second-order valence-electron chi connectivity index (χ2n) is 5.49. The van der Waals surface area contributed by atoms with Crippen molar-refractivity contribution >= 4 is 37.2 Å². The van der Waals surface area contributed by atoms with E-state index < -0.39 is 9.05 Å². The molecule has 2 unspecified atom stereocenters. The third-order valence-corrected chi connectivity index (χ3v) is 5.53. The van der Waals surface area contributed by atoms with E-state index >= 15 is 0 Å². The summed E-state index contributed by atoms with van der Waals surface area (Å²) in [5.74, 6) is 0.742. The number of amides is 1. The van der Waals surface area contributed by atoms with Gasteiger partial charge in [0.25, 0.3) is 15.0 Å². The highest BCUT2D eigenvalue weighted by molar-refractivity contribution is 8.13. The van der Waals surface area contributed by atoms with E-state index in [1.165, 1.54) is 31.0 Å². The molecule has 0 heterocycles. The van der Waals surface area contributed by atoms with E-state index in [1.54, 1.807) is 0 Å². The molecule has 2 atom stereocenters. The molecule has 0 aromatic heterocycles. The largest absolute Gasteiger partial charge is 0.352 e. The Morgan fingerprint density at radius 2 is 2.05 bits per heavy atom. The number of carbonyl (C=O) groups is 1. The third kappa shape index (κ3) is 4.34. The Morgan fingerprint density at radius 1 is 1.33 bits per heavy atom. The average Bonchev–Trinajstić information content (AvgIpc) is 2.79. The fourth-order valence-corrected chi connectivity index (χ4v) is 3.79. The second kappa shape index (κ2) is 6.55. The van der Waals surface area contributed by atoms with Gasteiger partial charge in [0.05, 0.1) is 4.90 Å². The Morgan fingerprint density at radius 3 is 2.62 bits per heavy atom. The van der Waals surface area contributed by atoms with E-state index in [1.807, 2.05) is 0 Å². The Balaban J connectivity index is 2.10. The monoisotopic (exact) mass is 349 g/mol. The van der Waals surface area contributed by atoms with Crippen LogP contribution in [0.15, 0.2) is 23.1 Å². The molecule has 0 spiro atoms. The van der Waals surface area contributed by atoms with E-state index in [2.05, 4.69) is 12.2 Å². The lowest BCUT2D eigenvalue weighted by atomic mass is 9.98. The SMILES string of the molecule is CC1CCCC1CNC(=O)c1cc(Cl)cc(S(=O)(=O)Cl)c1. The average molecular weight is 350 g/mol. The molecular formula is C14H17Cl2NO3S. The summed E-state index contributed by atoms with van der Waals surface area (Å²) in [6, 6.07) is 3.89. The highest BCUT2D eigenvalue weighted by atomic mass is 35.7. The molecule has 1 aliphatic carbocycles. The normalized spacial score (nSPS) is 22.2. The van der Waals surface area contributed by atoms with Crippen molar-refractivity contribution in [2.24, 2.45) is 11.8 Å². The summed E-state index contributed by atoms with van der Waals surface area (Å²) in [7, 11) is 1.38. The fourth-order valence-electron chi connectivity index (χ4n) is 2.69. The lowest BCUT2D eigenvalue weighted by Gasteiger charge is -2.16. The maximum Gasteiger partial charge on any atom is 0.261 e. The van der Waals surface area contributed by atoms with Crippen molar-refractivity contribution in [2.75, 3.05) is 6.54 Å². The zero-order valence-corrected chi connectivity index (χ0v) is 13.9. The third-order valence-electron chi connectivity index (χ3n) is 3.98. The molecule has 0 saturated heterocycles. The van der Waals surface area contributed by atoms with Gasteiger partial charge in [0.15, 0.2) is 0 Å². The van der Waals surface area contributed by atoms with Crippen LogP contribution in [-0.2, 0) is 9.05 Å². The van der Waals surface area contributed by atoms with Crippen LogP contribution in [0.2, 0.25) is 5.02 Å². The van der Waals surface area contributed by atoms with Crippen LogP contribution < -0.4 is 5.32 Å². The maximum atomic E-state index is 12.1. The molecule has 0 radical (unpaired) electrons. The highest BCUT2D eigenvalue weighted by Gasteiger charge is 2.24. The number of benzene rings is 1. The molecule has 1 fully saturated rings. The predicted molar refractivity (Wildman–Crippen MR) is 83.3 cm³/mol. The van der Waals surface area contributed by atoms with Gasteiger partial charge in [-0.2, -0.15) is 0 Å². The van der Waals surface area contributed by atoms with E-state index in [0.29, 0.717) is 18.4 Å². The molecule has 0 aliphatic heterocycles. The first-order chi connectivity index (χ1) is 9.77. The van der Waals surface area contributed by atoms with Gasteiger partial charge in [-0.1, -0.05) is 31.4 Å². The zero-order chi connectivity index (χ0) is 15.6. The molecular weight excluding hydrogens is 333 g/mol. The van der Waals surface area contributed by atoms with Crippen molar-refractivity contribution < 1.29 is 13.2 Å². The quantitative estimate of drug-likeness (QED) is 0.846. The first kappa shape index (κ1) is 16.6. The molecule has 1 aromatic carbocycles. The standard InChI is InChI=1S/C14H17Cl2NO3S/c1-9-3-2-4-10(9)8-17-14(18)11-5-12(15)7-13(6-11)21(16,19)20/h5-7,9-10H,2-4,8H2,1H3,(H,17,18). The van der Waals surface area contributed by atoms with Gasteiger partial charge in [-0.3, -0.25) is 4.79 Å². The molecule has 21 heavy (non-hydrogen) atoms. The van der Waals surface area contributed by atoms with E-state index in [0.717, 1.165) is 6.42 Å². The lowest BCUT2D eigenvalue weighted by molar-refractivity contribution is 0.0944. The van der Waals surface area contributed by atoms with Crippen LogP contribution in [-0.4, -0.2) is 20.9 Å². The van der Waals surface area contributed by atoms with Gasteiger partial charge in [0.2, 0.25) is 0 Å². The number of hydrogen-bond acceptors (Lipinski definition) is 3. The summed E-state index contributed by atoms with van der Waals surface area (Å²) in [5.41, 5.74) is 0.201. The van der Waals surface area contributed by atoms with Crippen molar-refractivity contribution in [3.05, 3.63) is 28.8 Å². The minimum absolute atomic E-state index is 0.163. The highest BCUT2D eigenvalue weighted by Crippen LogP contribution is 2.30. The van der Waals surface area contributed by atoms with E-state index in [9.17, 15) is 13.2 Å². The van der Waals surface area contributed by atoms with Gasteiger partial charge in [-0.15, -0.1) is 0 Å². The summed E-state index contributed by atoms with van der Waals surface area (Å²) in [6.07, 6.45) is 3.48. The smallest absolute Gasteiger partial charge is 0.261 e. The van der Waals surface area contributed by atoms with Crippen LogP contribution in [0.5, 0.6) is 0 Å². The van der Waals surface area contributed by atoms with Crippen LogP contribution in [0.1, 0.15) is 36.5 Å². The van der Waals surface area contributed by atoms with Crippen molar-refractivity contribution in [2.45, 2.75) is 31.1 Å². The van der Waals surface area contributed by atoms with Crippen LogP contribution in [0.25, 0.3) is 0 Å². The summed E-state index contributed by atoms with van der Waals surface area (Å²) in [4.78, 5) is 12.0. The molecule has 1 N–H and O–H groups in total. The molecule has 1 aromatic rings. The van der Waals surface area contributed by atoms with Crippen molar-refractivity contribution in [3.8, 4) is 0 Å². The second-order valence-corrected chi connectivity index (χ2v) is 8.49. The van der Waals surface area contributed by atoms with Crippen LogP contribution in [0.4, 0.5) is 0 Å². The van der Waals surface area contributed by atoms with Gasteiger partial charge < -0.3 is 5.32 Å². The minimum Gasteiger partial charge on any atom is -0.352 e. The summed E-state index contributed by atoms with van der Waals surface area (Å²) >= 11 is 5.85. The number of rotatable bonds is 4. The Labute approximate surface area is 134 Å². The lowest BCUT2D eigenvalue weighted by Crippen LogP contribution is -2.30. The summed E-state index contributed by atoms with van der Waals surface area (Å²) in [5, 5.41) is 3.00. The molecule has 0 bridgehead atoms. The van der Waals surface area contributed by atoms with Crippen LogP contribution in [0, 0.1) is 11.8 Å². The Kier molecular flexibility index (Phi) is 5.17. The minimum atomic E-state index is -3.91. The molecule has 2 rings (SSSR count). The van der Waals surface area contributed by atoms with Crippen molar-refractivity contribution in [3.63, 3.8) is 0 Å². The number of carbonyl (C=O) groups excluding carboxylic acids is 1. The molecule has 1 saturated carbocycles. The molecule has 1 aliphatic rings. The predicted octanol–water partition coefficient (Wildman–Crippen LogP) is 3.43. The number of nitrogens with one attached hydrogen (secondary N) is 1. The topological polar surface area (TPSA) is 63.2 Å². The number of halogens is 2. The molecule has 4 nitrogen and oxygen atoms in total. The Bertz CT molecular complexity index is 646. The fraction of sp³-hybridized carbons (Fsp3) is 0.500. The van der Waals surface area contributed by atoms with Gasteiger partial charge in [0.1, 0.15) is 0 Å². The maximum absolute atomic E-state index is 12.1. The van der Waals surface area contributed by atoms with Gasteiger partial charge in [0, 0.05) is 27.8 Å². The van der Waals surface area contributed by atoms with Crippen LogP contribution >= 0.6 is 22.3 Å². The first-order valence-corrected chi connectivity index (χ1v) is 9.49. The van der Waals surface area contributed by atoms with E-state index in [-0.39, 0.29) is 21.4 Å². The summed E-state index contributed by atoms with van der Waals surface area (Å²) < 4.78 is 22.7. The van der Waals surface area contributed by atoms with Crippen LogP contribution in [0.3, 0.4) is 0 Å². The van der Waals surface area contributed by atoms with E-state index in [4.69, 9.17) is 22.3 Å². The zero-order valence-electron chi connectivity index (χ0n) is 11.6. The summed E-state index contributed by atoms with van der Waals surface area (Å²) in [6.45, 7) is 2.77. The first-order valence-electron chi connectivity index (χ1n) is 6.81. The van der Waals surface area contributed by atoms with Gasteiger partial charge in [-0.25, -0.2) is 8.42 Å². The molecule has 1 amide bonds. The number of hydrogen-bond donors (Lipinski definition) is 1.